The van der Waals surface area contributed by atoms with E-state index in [1.165, 1.54) is 24.3 Å². The zero-order valence-electron chi connectivity index (χ0n) is 10.1. The largest absolute Gasteiger partial charge is 0.204 e. The Labute approximate surface area is 127 Å². The Morgan fingerprint density at radius 1 is 0.905 bits per heavy atom. The van der Waals surface area contributed by atoms with E-state index in [1.807, 2.05) is 0 Å². The second kappa shape index (κ2) is 6.09. The summed E-state index contributed by atoms with van der Waals surface area (Å²) in [6, 6.07) is 8.87. The van der Waals surface area contributed by atoms with Crippen LogP contribution in [0.15, 0.2) is 34.1 Å². The van der Waals surface area contributed by atoms with Gasteiger partial charge in [0.2, 0.25) is 0 Å². The summed E-state index contributed by atoms with van der Waals surface area (Å²) in [4.78, 5) is -0.416. The lowest BCUT2D eigenvalue weighted by Gasteiger charge is -2.09. The van der Waals surface area contributed by atoms with Crippen molar-refractivity contribution in [2.24, 2.45) is 0 Å². The number of hydrogen-bond donors (Lipinski definition) is 0. The van der Waals surface area contributed by atoms with Crippen molar-refractivity contribution in [2.45, 2.75) is 9.79 Å². The van der Waals surface area contributed by atoms with E-state index in [-0.39, 0.29) is 5.02 Å². The molecule has 0 unspecified atom stereocenters. The molecular formula is C14H4ClF3N2S. The average Bonchev–Trinajstić information content (AvgIpc) is 2.48. The minimum atomic E-state index is -1.55. The fraction of sp³-hybridized carbons (Fsp3) is 0. The normalized spacial score (nSPS) is 10.0. The maximum atomic E-state index is 14.1. The third-order valence-corrected chi connectivity index (χ3v) is 4.13. The lowest BCUT2D eigenvalue weighted by atomic mass is 10.1. The molecule has 0 aliphatic heterocycles. The Morgan fingerprint density at radius 3 is 2.05 bits per heavy atom. The predicted octanol–water partition coefficient (Wildman–Crippen LogP) is 4.65. The molecule has 0 N–H and O–H groups in total. The number of benzene rings is 2. The molecule has 2 aromatic rings. The summed E-state index contributed by atoms with van der Waals surface area (Å²) in [5.41, 5.74) is -1.78. The third kappa shape index (κ3) is 2.69. The Kier molecular flexibility index (Phi) is 4.42. The number of nitrogens with zero attached hydrogens (tertiary/aromatic N) is 2. The van der Waals surface area contributed by atoms with Crippen molar-refractivity contribution >= 4 is 23.4 Å². The van der Waals surface area contributed by atoms with Gasteiger partial charge in [-0.2, -0.15) is 10.5 Å². The minimum Gasteiger partial charge on any atom is -0.204 e. The van der Waals surface area contributed by atoms with Crippen LogP contribution in [0.5, 0.6) is 0 Å². The molecule has 0 saturated heterocycles. The highest BCUT2D eigenvalue weighted by molar-refractivity contribution is 7.99. The molecule has 0 amide bonds. The van der Waals surface area contributed by atoms with E-state index >= 15 is 0 Å². The molecule has 21 heavy (non-hydrogen) atoms. The first kappa shape index (κ1) is 15.2. The Morgan fingerprint density at radius 2 is 1.48 bits per heavy atom. The number of hydrogen-bond acceptors (Lipinski definition) is 3. The van der Waals surface area contributed by atoms with Crippen molar-refractivity contribution in [1.82, 2.24) is 0 Å². The Hall–Kier alpha value is -2.15. The first-order chi connectivity index (χ1) is 10.0. The van der Waals surface area contributed by atoms with Crippen LogP contribution >= 0.6 is 23.4 Å². The van der Waals surface area contributed by atoms with Gasteiger partial charge in [-0.25, -0.2) is 13.2 Å². The van der Waals surface area contributed by atoms with E-state index < -0.39 is 33.5 Å². The second-order valence-corrected chi connectivity index (χ2v) is 5.24. The maximum absolute atomic E-state index is 14.1. The Bertz CT molecular complexity index is 809. The summed E-state index contributed by atoms with van der Waals surface area (Å²) in [6.07, 6.45) is 0. The van der Waals surface area contributed by atoms with Crippen LogP contribution in [0.2, 0.25) is 5.02 Å². The molecule has 0 aromatic heterocycles. The molecule has 2 nitrogen and oxygen atoms in total. The number of nitriles is 2. The molecule has 0 aliphatic rings. The van der Waals surface area contributed by atoms with E-state index in [0.29, 0.717) is 16.7 Å². The van der Waals surface area contributed by atoms with Crippen LogP contribution in [0, 0.1) is 40.1 Å². The van der Waals surface area contributed by atoms with Crippen LogP contribution < -0.4 is 0 Å². The molecule has 2 rings (SSSR count). The lowest BCUT2D eigenvalue weighted by molar-refractivity contribution is 0.463. The van der Waals surface area contributed by atoms with Gasteiger partial charge in [0, 0.05) is 4.90 Å². The van der Waals surface area contributed by atoms with Crippen molar-refractivity contribution in [2.75, 3.05) is 0 Å². The summed E-state index contributed by atoms with van der Waals surface area (Å²) >= 11 is 6.42. The van der Waals surface area contributed by atoms with Gasteiger partial charge >= 0.3 is 0 Å². The molecule has 7 heteroatoms. The number of rotatable bonds is 2. The van der Waals surface area contributed by atoms with E-state index in [2.05, 4.69) is 0 Å². The van der Waals surface area contributed by atoms with Gasteiger partial charge in [-0.15, -0.1) is 0 Å². The maximum Gasteiger partial charge on any atom is 0.179 e. The average molecular weight is 325 g/mol. The molecule has 0 bridgehead atoms. The summed E-state index contributed by atoms with van der Waals surface area (Å²) in [5, 5.41) is 17.8. The van der Waals surface area contributed by atoms with E-state index in [0.717, 1.165) is 0 Å². The molecule has 0 atom stereocenters. The van der Waals surface area contributed by atoms with Crippen LogP contribution in [-0.4, -0.2) is 0 Å². The van der Waals surface area contributed by atoms with E-state index in [4.69, 9.17) is 22.1 Å². The minimum absolute atomic E-state index is 0.226. The van der Waals surface area contributed by atoms with Gasteiger partial charge in [0.05, 0.1) is 9.92 Å². The monoisotopic (exact) mass is 324 g/mol. The SMILES string of the molecule is N#Cc1c(F)c(F)c(Sc2ccccc2Cl)c(F)c1C#N. The fourth-order valence-corrected chi connectivity index (χ4v) is 2.73. The first-order valence-electron chi connectivity index (χ1n) is 5.44. The van der Waals surface area contributed by atoms with Crippen molar-refractivity contribution in [3.63, 3.8) is 0 Å². The molecule has 0 heterocycles. The molecule has 2 aromatic carbocycles. The summed E-state index contributed by atoms with van der Waals surface area (Å²) in [6.45, 7) is 0. The van der Waals surface area contributed by atoms with Crippen molar-refractivity contribution in [1.29, 1.82) is 10.5 Å². The third-order valence-electron chi connectivity index (χ3n) is 2.55. The first-order valence-corrected chi connectivity index (χ1v) is 6.63. The fourth-order valence-electron chi connectivity index (χ4n) is 1.58. The van der Waals surface area contributed by atoms with Gasteiger partial charge in [0.1, 0.15) is 23.3 Å². The summed E-state index contributed by atoms with van der Waals surface area (Å²) < 4.78 is 41.8. The van der Waals surface area contributed by atoms with Crippen LogP contribution in [-0.2, 0) is 0 Å². The summed E-state index contributed by atoms with van der Waals surface area (Å²) in [5.74, 6) is -4.35. The highest BCUT2D eigenvalue weighted by atomic mass is 35.5. The predicted molar refractivity (Wildman–Crippen MR) is 71.3 cm³/mol. The van der Waals surface area contributed by atoms with Gasteiger partial charge in [-0.1, -0.05) is 35.5 Å². The van der Waals surface area contributed by atoms with Crippen LogP contribution in [0.25, 0.3) is 0 Å². The second-order valence-electron chi connectivity index (χ2n) is 3.78. The molecule has 0 spiro atoms. The quantitative estimate of drug-likeness (QED) is 0.755. The van der Waals surface area contributed by atoms with Crippen molar-refractivity contribution in [3.05, 3.63) is 57.9 Å². The molecular weight excluding hydrogens is 321 g/mol. The van der Waals surface area contributed by atoms with Gasteiger partial charge in [-0.05, 0) is 12.1 Å². The van der Waals surface area contributed by atoms with Crippen molar-refractivity contribution < 1.29 is 13.2 Å². The van der Waals surface area contributed by atoms with Crippen LogP contribution in [0.1, 0.15) is 11.1 Å². The van der Waals surface area contributed by atoms with Gasteiger partial charge < -0.3 is 0 Å². The van der Waals surface area contributed by atoms with Gasteiger partial charge in [-0.3, -0.25) is 0 Å². The molecule has 104 valence electrons. The van der Waals surface area contributed by atoms with Gasteiger partial charge in [0.25, 0.3) is 0 Å². The summed E-state index contributed by atoms with van der Waals surface area (Å²) in [7, 11) is 0. The molecule has 0 saturated carbocycles. The zero-order valence-corrected chi connectivity index (χ0v) is 11.7. The number of halogens is 4. The highest BCUT2D eigenvalue weighted by Crippen LogP contribution is 2.38. The van der Waals surface area contributed by atoms with E-state index in [1.54, 1.807) is 12.1 Å². The van der Waals surface area contributed by atoms with Crippen molar-refractivity contribution in [3.8, 4) is 12.1 Å². The van der Waals surface area contributed by atoms with Gasteiger partial charge in [0.15, 0.2) is 17.5 Å². The topological polar surface area (TPSA) is 47.6 Å². The lowest BCUT2D eigenvalue weighted by Crippen LogP contribution is -2.02. The van der Waals surface area contributed by atoms with Crippen LogP contribution in [0.3, 0.4) is 0 Å². The highest BCUT2D eigenvalue weighted by Gasteiger charge is 2.26. The van der Waals surface area contributed by atoms with E-state index in [9.17, 15) is 13.2 Å². The molecule has 0 aliphatic carbocycles. The molecule has 0 fully saturated rings. The standard InChI is InChI=1S/C14H4ClF3N2S/c15-9-3-1-2-4-10(9)21-14-12(17)8(6-20)7(5-19)11(16)13(14)18/h1-4H. The molecule has 0 radical (unpaired) electrons. The van der Waals surface area contributed by atoms with Crippen LogP contribution in [0.4, 0.5) is 13.2 Å². The Balaban J connectivity index is 2.67. The zero-order chi connectivity index (χ0) is 15.6. The smallest absolute Gasteiger partial charge is 0.179 e.